The molecule has 13 aromatic carbocycles. The molecule has 0 amide bonds. The van der Waals surface area contributed by atoms with Crippen molar-refractivity contribution in [3.05, 3.63) is 278 Å². The minimum Gasteiger partial charge on any atom is -0.309 e. The van der Waals surface area contributed by atoms with Crippen LogP contribution in [0.1, 0.15) is 52.7 Å². The molecule has 0 radical (unpaired) electrons. The average Bonchev–Trinajstić information content (AvgIpc) is 1.52. The number of hydrogen-bond acceptors (Lipinski definition) is 2. The fourth-order valence-corrected chi connectivity index (χ4v) is 14.7. The Balaban J connectivity index is 0.995. The molecule has 17 rings (SSSR count). The van der Waals surface area contributed by atoms with E-state index >= 15 is 0 Å². The van der Waals surface area contributed by atoms with Crippen LogP contribution in [-0.4, -0.2) is 8.80 Å². The summed E-state index contributed by atoms with van der Waals surface area (Å²) in [5, 5.41) is 14.8. The van der Waals surface area contributed by atoms with Gasteiger partial charge in [0.05, 0.1) is 55.8 Å². The highest BCUT2D eigenvalue weighted by Gasteiger charge is 2.32. The van der Waals surface area contributed by atoms with Gasteiger partial charge in [0.2, 0.25) is 0 Å². The van der Waals surface area contributed by atoms with Gasteiger partial charge in [0.25, 0.3) is 0 Å². The van der Waals surface area contributed by atoms with Crippen molar-refractivity contribution in [1.82, 2.24) is 8.80 Å². The van der Waals surface area contributed by atoms with E-state index in [1.807, 2.05) is 0 Å². The van der Waals surface area contributed by atoms with Crippen molar-refractivity contribution in [2.45, 2.75) is 52.4 Å². The van der Waals surface area contributed by atoms with Crippen LogP contribution in [0.3, 0.4) is 0 Å². The van der Waals surface area contributed by atoms with Crippen LogP contribution < -0.4 is 9.80 Å². The van der Waals surface area contributed by atoms with E-state index in [0.717, 1.165) is 34.1 Å². The highest BCUT2D eigenvalue weighted by molar-refractivity contribution is 6.33. The molecule has 0 fully saturated rings. The van der Waals surface area contributed by atoms with E-state index in [9.17, 15) is 0 Å². The first-order valence-electron chi connectivity index (χ1n) is 30.3. The SMILES string of the molecule is CC(C)(C)c1cccc2c3c(N(c4ccc5ccccc5c4)c4ccccc4-c4ccccc4)ccc4c5cc6c(cc5n(c12)c43)c1ccc(N(c2ccc3ccccc3c2)c2ccccc2-c2ccccc2)c2c3cccc(C(C)(C)C)c3n6c12. The van der Waals surface area contributed by atoms with Crippen LogP contribution in [0.4, 0.5) is 34.1 Å². The number of benzene rings is 13. The third-order valence-corrected chi connectivity index (χ3v) is 18.5. The van der Waals surface area contributed by atoms with Gasteiger partial charge in [-0.15, -0.1) is 0 Å². The molecule has 0 aliphatic rings. The second-order valence-corrected chi connectivity index (χ2v) is 25.7. The second kappa shape index (κ2) is 18.5. The zero-order valence-electron chi connectivity index (χ0n) is 49.2. The fraction of sp³-hybridized carbons (Fsp3) is 0.0976. The van der Waals surface area contributed by atoms with E-state index in [0.29, 0.717) is 0 Å². The lowest BCUT2D eigenvalue weighted by Gasteiger charge is -2.29. The maximum absolute atomic E-state index is 2.65. The molecule has 0 atom stereocenters. The molecule has 4 heteroatoms. The molecule has 4 heterocycles. The van der Waals surface area contributed by atoms with Crippen LogP contribution in [0.25, 0.3) is 120 Å². The smallest absolute Gasteiger partial charge is 0.0641 e. The number of nitrogens with zero attached hydrogens (tertiary/aromatic N) is 4. The van der Waals surface area contributed by atoms with Gasteiger partial charge in [-0.2, -0.15) is 0 Å². The summed E-state index contributed by atoms with van der Waals surface area (Å²) in [6, 6.07) is 99.9. The summed E-state index contributed by atoms with van der Waals surface area (Å²) in [6.07, 6.45) is 0. The van der Waals surface area contributed by atoms with Gasteiger partial charge in [-0.05, 0) is 115 Å². The molecule has 4 aromatic heterocycles. The van der Waals surface area contributed by atoms with Crippen molar-refractivity contribution in [2.24, 2.45) is 0 Å². The number of anilines is 6. The summed E-state index contributed by atoms with van der Waals surface area (Å²) < 4.78 is 5.31. The molecular formula is C82H62N4. The van der Waals surface area contributed by atoms with E-state index in [1.54, 1.807) is 0 Å². The molecule has 0 N–H and O–H groups in total. The van der Waals surface area contributed by atoms with Gasteiger partial charge >= 0.3 is 0 Å². The number of fused-ring (bicyclic) bond motifs is 14. The maximum atomic E-state index is 2.65. The monoisotopic (exact) mass is 1100 g/mol. The van der Waals surface area contributed by atoms with Crippen LogP contribution in [0.2, 0.25) is 0 Å². The molecule has 0 spiro atoms. The van der Waals surface area contributed by atoms with Gasteiger partial charge in [-0.1, -0.05) is 248 Å². The maximum Gasteiger partial charge on any atom is 0.0641 e. The summed E-state index contributed by atoms with van der Waals surface area (Å²) in [4.78, 5) is 5.07. The first kappa shape index (κ1) is 50.1. The number of hydrogen-bond donors (Lipinski definition) is 0. The Bertz CT molecular complexity index is 5210. The summed E-state index contributed by atoms with van der Waals surface area (Å²) in [6.45, 7) is 14.2. The summed E-state index contributed by atoms with van der Waals surface area (Å²) >= 11 is 0. The largest absolute Gasteiger partial charge is 0.309 e. The number of aromatic nitrogens is 2. The third-order valence-electron chi connectivity index (χ3n) is 18.5. The van der Waals surface area contributed by atoms with E-state index in [2.05, 4.69) is 327 Å². The minimum atomic E-state index is -0.163. The second-order valence-electron chi connectivity index (χ2n) is 25.7. The Morgan fingerprint density at radius 1 is 0.267 bits per heavy atom. The van der Waals surface area contributed by atoms with E-state index in [4.69, 9.17) is 0 Å². The highest BCUT2D eigenvalue weighted by atomic mass is 15.2. The Morgan fingerprint density at radius 3 is 1.07 bits per heavy atom. The topological polar surface area (TPSA) is 15.3 Å². The minimum absolute atomic E-state index is 0.163. The summed E-state index contributed by atoms with van der Waals surface area (Å²) in [5.74, 6) is 0. The standard InChI is InChI=1S/C82H62N4/c1-81(2,3)67-35-21-33-63-75-71(83(57-41-39-51-23-13-15-29-55(51)47-57)69-37-19-17-31-59(69)53-25-9-7-10-26-53)45-43-61-65-50-74-66(49-73(65)85(77(63)67)79(61)75)62-44-46-72(76-64-34-22-36-68(82(4,5)6)78(64)86(74)80(62)76)84(58-42-40-52-24-14-16-30-56(52)48-58)70-38-20-18-32-60(70)54-27-11-8-12-28-54/h7-50H,1-6H3. The molecular weight excluding hydrogens is 1040 g/mol. The van der Waals surface area contributed by atoms with Crippen molar-refractivity contribution in [2.75, 3.05) is 9.80 Å². The lowest BCUT2D eigenvalue weighted by Crippen LogP contribution is -2.12. The van der Waals surface area contributed by atoms with Gasteiger partial charge in [-0.25, -0.2) is 0 Å². The lowest BCUT2D eigenvalue weighted by molar-refractivity contribution is 0.594. The normalized spacial score (nSPS) is 12.5. The molecule has 410 valence electrons. The molecule has 86 heavy (non-hydrogen) atoms. The molecule has 0 aliphatic heterocycles. The number of para-hydroxylation sites is 4. The van der Waals surface area contributed by atoms with Gasteiger partial charge in [0, 0.05) is 65.6 Å². The predicted octanol–water partition coefficient (Wildman–Crippen LogP) is 23.2. The molecule has 17 aromatic rings. The summed E-state index contributed by atoms with van der Waals surface area (Å²) in [5.41, 5.74) is 21.2. The van der Waals surface area contributed by atoms with E-state index in [-0.39, 0.29) is 10.8 Å². The Hall–Kier alpha value is -10.4. The predicted molar refractivity (Wildman–Crippen MR) is 368 cm³/mol. The van der Waals surface area contributed by atoms with E-state index in [1.165, 1.54) is 131 Å². The summed E-state index contributed by atoms with van der Waals surface area (Å²) in [7, 11) is 0. The van der Waals surface area contributed by atoms with Crippen LogP contribution in [0, 0.1) is 0 Å². The molecule has 0 aliphatic carbocycles. The van der Waals surface area contributed by atoms with Crippen molar-refractivity contribution in [1.29, 1.82) is 0 Å². The lowest BCUT2D eigenvalue weighted by atomic mass is 9.85. The molecule has 0 saturated heterocycles. The fourth-order valence-electron chi connectivity index (χ4n) is 14.7. The van der Waals surface area contributed by atoms with Crippen LogP contribution in [0.5, 0.6) is 0 Å². The highest BCUT2D eigenvalue weighted by Crippen LogP contribution is 2.54. The zero-order chi connectivity index (χ0) is 57.7. The quantitative estimate of drug-likeness (QED) is 0.151. The van der Waals surface area contributed by atoms with Gasteiger partial charge in [0.15, 0.2) is 0 Å². The van der Waals surface area contributed by atoms with Crippen molar-refractivity contribution >= 4 is 132 Å². The van der Waals surface area contributed by atoms with Crippen molar-refractivity contribution in [3.63, 3.8) is 0 Å². The van der Waals surface area contributed by atoms with Crippen molar-refractivity contribution < 1.29 is 0 Å². The van der Waals surface area contributed by atoms with Crippen LogP contribution in [-0.2, 0) is 10.8 Å². The average molecular weight is 1100 g/mol. The van der Waals surface area contributed by atoms with Crippen LogP contribution >= 0.6 is 0 Å². The molecule has 0 unspecified atom stereocenters. The first-order valence-corrected chi connectivity index (χ1v) is 30.3. The van der Waals surface area contributed by atoms with Gasteiger partial charge in [-0.3, -0.25) is 0 Å². The Labute approximate surface area is 500 Å². The third kappa shape index (κ3) is 7.35. The van der Waals surface area contributed by atoms with Crippen molar-refractivity contribution in [3.8, 4) is 22.3 Å². The first-order chi connectivity index (χ1) is 42.0. The van der Waals surface area contributed by atoms with Gasteiger partial charge < -0.3 is 18.6 Å². The zero-order valence-corrected chi connectivity index (χ0v) is 49.2. The van der Waals surface area contributed by atoms with E-state index < -0.39 is 0 Å². The van der Waals surface area contributed by atoms with Crippen LogP contribution in [0.15, 0.2) is 267 Å². The van der Waals surface area contributed by atoms with Gasteiger partial charge in [0.1, 0.15) is 0 Å². The molecule has 0 saturated carbocycles. The number of rotatable bonds is 8. The molecule has 4 nitrogen and oxygen atoms in total. The Morgan fingerprint density at radius 2 is 0.651 bits per heavy atom. The molecule has 0 bridgehead atoms. The Kier molecular flexibility index (Phi) is 10.8.